The van der Waals surface area contributed by atoms with Gasteiger partial charge in [0.15, 0.2) is 0 Å². The van der Waals surface area contributed by atoms with E-state index in [0.29, 0.717) is 0 Å². The molecule has 1 heterocycles. The van der Waals surface area contributed by atoms with Gasteiger partial charge in [0.1, 0.15) is 18.8 Å². The highest BCUT2D eigenvalue weighted by atomic mass is 19.4. The van der Waals surface area contributed by atoms with E-state index in [9.17, 15) is 22.8 Å². The highest BCUT2D eigenvalue weighted by Gasteiger charge is 2.31. The average Bonchev–Trinajstić information content (AvgIpc) is 2.25. The second-order valence-corrected chi connectivity index (χ2v) is 3.75. The molecule has 0 aliphatic carbocycles. The number of benzene rings is 1. The highest BCUT2D eigenvalue weighted by molar-refractivity contribution is 5.94. The third-order valence-corrected chi connectivity index (χ3v) is 2.28. The van der Waals surface area contributed by atoms with Crippen LogP contribution in [0.5, 0.6) is 5.75 Å². The Labute approximate surface area is 105 Å². The summed E-state index contributed by atoms with van der Waals surface area (Å²) in [5, 5.41) is 0. The Hall–Kier alpha value is -2.25. The maximum atomic E-state index is 12.1. The molecule has 1 fully saturated rings. The summed E-state index contributed by atoms with van der Waals surface area (Å²) >= 11 is 0. The lowest BCUT2D eigenvalue weighted by Crippen LogP contribution is -2.42. The van der Waals surface area contributed by atoms with Crippen molar-refractivity contribution in [1.29, 1.82) is 0 Å². The quantitative estimate of drug-likeness (QED) is 0.604. The van der Waals surface area contributed by atoms with Crippen LogP contribution in [0.3, 0.4) is 0 Å². The fourth-order valence-electron chi connectivity index (χ4n) is 1.62. The second-order valence-electron chi connectivity index (χ2n) is 3.75. The first-order chi connectivity index (χ1) is 8.83. The van der Waals surface area contributed by atoms with Gasteiger partial charge in [0.05, 0.1) is 0 Å². The number of alkyl halides is 3. The smallest absolute Gasteiger partial charge is 0.406 e. The van der Waals surface area contributed by atoms with Gasteiger partial charge in [0.25, 0.3) is 0 Å². The fourth-order valence-corrected chi connectivity index (χ4v) is 1.62. The van der Waals surface area contributed by atoms with Crippen molar-refractivity contribution in [3.8, 4) is 5.75 Å². The van der Waals surface area contributed by atoms with Gasteiger partial charge >= 0.3 is 18.3 Å². The Morgan fingerprint density at radius 3 is 2.37 bits per heavy atom. The van der Waals surface area contributed by atoms with Crippen LogP contribution in [-0.2, 0) is 14.3 Å². The van der Waals surface area contributed by atoms with E-state index >= 15 is 0 Å². The lowest BCUT2D eigenvalue weighted by Gasteiger charge is -2.26. The minimum absolute atomic E-state index is 0.207. The maximum Gasteiger partial charge on any atom is 0.573 e. The van der Waals surface area contributed by atoms with Crippen LogP contribution in [0, 0.1) is 0 Å². The summed E-state index contributed by atoms with van der Waals surface area (Å²) in [6.07, 6.45) is -4.80. The van der Waals surface area contributed by atoms with Crippen molar-refractivity contribution in [2.75, 3.05) is 18.0 Å². The first kappa shape index (κ1) is 13.2. The van der Waals surface area contributed by atoms with E-state index < -0.39 is 24.1 Å². The third kappa shape index (κ3) is 3.60. The van der Waals surface area contributed by atoms with Gasteiger partial charge in [0, 0.05) is 11.8 Å². The van der Waals surface area contributed by atoms with E-state index in [1.165, 1.54) is 17.0 Å². The molecule has 1 aromatic rings. The van der Waals surface area contributed by atoms with E-state index in [1.54, 1.807) is 0 Å². The number of carbonyl (C=O) groups excluding carboxylic acids is 2. The lowest BCUT2D eigenvalue weighted by molar-refractivity contribution is -0.274. The first-order valence-electron chi connectivity index (χ1n) is 5.18. The summed E-state index contributed by atoms with van der Waals surface area (Å²) < 4.78 is 44.3. The molecule has 0 unspecified atom stereocenters. The molecule has 8 heteroatoms. The molecule has 1 aliphatic heterocycles. The molecule has 5 nitrogen and oxygen atoms in total. The molecule has 2 rings (SSSR count). The van der Waals surface area contributed by atoms with Crippen LogP contribution in [0.1, 0.15) is 0 Å². The number of morpholine rings is 1. The average molecular weight is 275 g/mol. The summed E-state index contributed by atoms with van der Waals surface area (Å²) in [6.45, 7) is -0.414. The number of rotatable bonds is 2. The number of hydrogen-bond acceptors (Lipinski definition) is 5. The number of halogens is 3. The Balaban J connectivity index is 2.18. The minimum atomic E-state index is -4.80. The molecule has 1 aromatic carbocycles. The van der Waals surface area contributed by atoms with Crippen LogP contribution >= 0.6 is 0 Å². The summed E-state index contributed by atoms with van der Waals surface area (Å²) in [7, 11) is 0. The molecule has 1 aliphatic rings. The standard InChI is InChI=1S/C11H8F3NO4/c12-11(13,14)19-8-3-1-2-7(4-8)15-5-9(16)18-10(17)6-15/h1-4H,5-6H2. The molecular formula is C11H8F3NO4. The summed E-state index contributed by atoms with van der Waals surface area (Å²) in [6, 6.07) is 5.02. The maximum absolute atomic E-state index is 12.1. The number of carbonyl (C=O) groups is 2. The van der Waals surface area contributed by atoms with Crippen molar-refractivity contribution in [3.05, 3.63) is 24.3 Å². The van der Waals surface area contributed by atoms with E-state index in [0.717, 1.165) is 12.1 Å². The van der Waals surface area contributed by atoms with Gasteiger partial charge < -0.3 is 14.4 Å². The molecule has 0 aromatic heterocycles. The molecule has 0 N–H and O–H groups in total. The van der Waals surface area contributed by atoms with Gasteiger partial charge in [-0.2, -0.15) is 0 Å². The number of hydrogen-bond donors (Lipinski definition) is 0. The molecule has 102 valence electrons. The number of cyclic esters (lactones) is 2. The van der Waals surface area contributed by atoms with Crippen molar-refractivity contribution < 1.29 is 32.2 Å². The summed E-state index contributed by atoms with van der Waals surface area (Å²) in [5.74, 6) is -1.92. The van der Waals surface area contributed by atoms with Gasteiger partial charge in [-0.3, -0.25) is 0 Å². The normalized spacial score (nSPS) is 16.3. The van der Waals surface area contributed by atoms with Crippen LogP contribution < -0.4 is 9.64 Å². The minimum Gasteiger partial charge on any atom is -0.406 e. The van der Waals surface area contributed by atoms with Gasteiger partial charge in [-0.15, -0.1) is 13.2 Å². The van der Waals surface area contributed by atoms with Crippen molar-refractivity contribution in [2.24, 2.45) is 0 Å². The molecular weight excluding hydrogens is 267 g/mol. The molecule has 19 heavy (non-hydrogen) atoms. The molecule has 0 saturated carbocycles. The van der Waals surface area contributed by atoms with Gasteiger partial charge in [-0.05, 0) is 12.1 Å². The van der Waals surface area contributed by atoms with Crippen LogP contribution in [-0.4, -0.2) is 31.4 Å². The molecule has 0 radical (unpaired) electrons. The number of ether oxygens (including phenoxy) is 2. The Morgan fingerprint density at radius 2 is 1.79 bits per heavy atom. The Bertz CT molecular complexity index is 499. The van der Waals surface area contributed by atoms with Crippen LogP contribution in [0.15, 0.2) is 24.3 Å². The number of anilines is 1. The zero-order chi connectivity index (χ0) is 14.0. The third-order valence-electron chi connectivity index (χ3n) is 2.28. The Morgan fingerprint density at radius 1 is 1.16 bits per heavy atom. The molecule has 1 saturated heterocycles. The van der Waals surface area contributed by atoms with E-state index in [4.69, 9.17) is 0 Å². The largest absolute Gasteiger partial charge is 0.573 e. The second kappa shape index (κ2) is 4.79. The summed E-state index contributed by atoms with van der Waals surface area (Å²) in [5.41, 5.74) is 0.270. The SMILES string of the molecule is O=C1CN(c2cccc(OC(F)(F)F)c2)CC(=O)O1. The van der Waals surface area contributed by atoms with Crippen molar-refractivity contribution >= 4 is 17.6 Å². The number of esters is 2. The Kier molecular flexibility index (Phi) is 3.32. The first-order valence-corrected chi connectivity index (χ1v) is 5.18. The van der Waals surface area contributed by atoms with Crippen molar-refractivity contribution in [1.82, 2.24) is 0 Å². The zero-order valence-corrected chi connectivity index (χ0v) is 9.44. The highest BCUT2D eigenvalue weighted by Crippen LogP contribution is 2.27. The topological polar surface area (TPSA) is 55.8 Å². The van der Waals surface area contributed by atoms with Crippen molar-refractivity contribution in [3.63, 3.8) is 0 Å². The van der Waals surface area contributed by atoms with Crippen LogP contribution in [0.4, 0.5) is 18.9 Å². The predicted molar refractivity (Wildman–Crippen MR) is 56.4 cm³/mol. The monoisotopic (exact) mass is 275 g/mol. The van der Waals surface area contributed by atoms with Gasteiger partial charge in [0.2, 0.25) is 0 Å². The number of nitrogens with zero attached hydrogens (tertiary/aromatic N) is 1. The zero-order valence-electron chi connectivity index (χ0n) is 9.44. The van der Waals surface area contributed by atoms with E-state index in [-0.39, 0.29) is 18.8 Å². The molecule has 0 spiro atoms. The van der Waals surface area contributed by atoms with Gasteiger partial charge in [-0.25, -0.2) is 9.59 Å². The predicted octanol–water partition coefficient (Wildman–Crippen LogP) is 1.47. The van der Waals surface area contributed by atoms with Crippen LogP contribution in [0.25, 0.3) is 0 Å². The molecule has 0 amide bonds. The molecule has 0 atom stereocenters. The lowest BCUT2D eigenvalue weighted by atomic mass is 10.2. The van der Waals surface area contributed by atoms with Gasteiger partial charge in [-0.1, -0.05) is 6.07 Å². The molecule has 0 bridgehead atoms. The van der Waals surface area contributed by atoms with Crippen molar-refractivity contribution in [2.45, 2.75) is 6.36 Å². The van der Waals surface area contributed by atoms with E-state index in [2.05, 4.69) is 9.47 Å². The van der Waals surface area contributed by atoms with E-state index in [1.807, 2.05) is 0 Å². The fraction of sp³-hybridized carbons (Fsp3) is 0.273. The van der Waals surface area contributed by atoms with Crippen LogP contribution in [0.2, 0.25) is 0 Å². The summed E-state index contributed by atoms with van der Waals surface area (Å²) in [4.78, 5) is 23.5.